The van der Waals surface area contributed by atoms with Crippen LogP contribution in [0, 0.1) is 0 Å². The lowest BCUT2D eigenvalue weighted by Crippen LogP contribution is -2.42. The van der Waals surface area contributed by atoms with Crippen molar-refractivity contribution in [1.82, 2.24) is 10.6 Å². The predicted octanol–water partition coefficient (Wildman–Crippen LogP) is 0.515. The van der Waals surface area contributed by atoms with E-state index in [9.17, 15) is 9.90 Å². The summed E-state index contributed by atoms with van der Waals surface area (Å²) in [7, 11) is 0. The van der Waals surface area contributed by atoms with Crippen molar-refractivity contribution in [1.29, 1.82) is 0 Å². The number of carbonyl (C=O) groups excluding carboxylic acids is 1. The zero-order chi connectivity index (χ0) is 8.69. The first-order valence-corrected chi connectivity index (χ1v) is 3.83. The summed E-state index contributed by atoms with van der Waals surface area (Å²) in [5.74, 6) is 0. The molecule has 11 heavy (non-hydrogen) atoms. The maximum absolute atomic E-state index is 10.8. The summed E-state index contributed by atoms with van der Waals surface area (Å²) in [5, 5.41) is 15.3. The van der Waals surface area contributed by atoms with Gasteiger partial charge in [0.1, 0.15) is 6.61 Å². The van der Waals surface area contributed by atoms with Gasteiger partial charge in [-0.05, 0) is 13.3 Å². The van der Waals surface area contributed by atoms with Crippen molar-refractivity contribution < 1.29 is 9.90 Å². The molecule has 0 saturated carbocycles. The van der Waals surface area contributed by atoms with Gasteiger partial charge >= 0.3 is 6.03 Å². The normalized spacial score (nSPS) is 12.3. The lowest BCUT2D eigenvalue weighted by atomic mass is 10.4. The highest BCUT2D eigenvalue weighted by atomic mass is 16.3. The lowest BCUT2D eigenvalue weighted by Gasteiger charge is -2.10. The van der Waals surface area contributed by atoms with Crippen LogP contribution in [0.2, 0.25) is 0 Å². The third-order valence-corrected chi connectivity index (χ3v) is 1.16. The molecule has 1 atom stereocenters. The molecule has 0 aliphatic carbocycles. The van der Waals surface area contributed by atoms with Crippen molar-refractivity contribution in [2.24, 2.45) is 0 Å². The van der Waals surface area contributed by atoms with Gasteiger partial charge in [0.05, 0.1) is 6.04 Å². The first-order chi connectivity index (χ1) is 5.20. The van der Waals surface area contributed by atoms with E-state index in [4.69, 9.17) is 0 Å². The molecule has 4 heteroatoms. The van der Waals surface area contributed by atoms with E-state index in [-0.39, 0.29) is 18.7 Å². The molecule has 0 aliphatic rings. The van der Waals surface area contributed by atoms with E-state index in [0.29, 0.717) is 6.54 Å². The van der Waals surface area contributed by atoms with Crippen LogP contribution in [0.15, 0.2) is 0 Å². The average molecular weight is 159 g/mol. The van der Waals surface area contributed by atoms with Gasteiger partial charge in [-0.3, -0.25) is 0 Å². The molecule has 0 bridgehead atoms. The summed E-state index contributed by atoms with van der Waals surface area (Å²) in [6, 6.07) is -0.540. The highest BCUT2D eigenvalue weighted by Crippen LogP contribution is 1.78. The van der Waals surface area contributed by atoms with Crippen LogP contribution < -0.4 is 10.6 Å². The summed E-state index contributed by atoms with van der Waals surface area (Å²) >= 11 is 0. The molecule has 2 N–H and O–H groups in total. The fourth-order valence-electron chi connectivity index (χ4n) is 0.555. The maximum atomic E-state index is 10.8. The molecule has 0 aromatic heterocycles. The molecule has 4 nitrogen and oxygen atoms in total. The molecule has 0 aliphatic heterocycles. The molecule has 0 spiro atoms. The van der Waals surface area contributed by atoms with Gasteiger partial charge in [-0.25, -0.2) is 9.90 Å². The number of rotatable bonds is 4. The van der Waals surface area contributed by atoms with Gasteiger partial charge in [0, 0.05) is 6.54 Å². The minimum Gasteiger partial charge on any atom is -0.338 e. The van der Waals surface area contributed by atoms with Crippen molar-refractivity contribution in [2.45, 2.75) is 26.3 Å². The van der Waals surface area contributed by atoms with E-state index in [2.05, 4.69) is 10.6 Å². The van der Waals surface area contributed by atoms with Crippen molar-refractivity contribution in [3.05, 3.63) is 0 Å². The lowest BCUT2D eigenvalue weighted by molar-refractivity contribution is 0.164. The largest absolute Gasteiger partial charge is 0.338 e. The van der Waals surface area contributed by atoms with E-state index in [1.807, 2.05) is 6.92 Å². The van der Waals surface area contributed by atoms with E-state index < -0.39 is 0 Å². The van der Waals surface area contributed by atoms with E-state index in [1.54, 1.807) is 6.92 Å². The van der Waals surface area contributed by atoms with Gasteiger partial charge in [-0.15, -0.1) is 0 Å². The molecule has 0 fully saturated rings. The van der Waals surface area contributed by atoms with Gasteiger partial charge < -0.3 is 10.6 Å². The Balaban J connectivity index is 3.36. The topological polar surface area (TPSA) is 61.0 Å². The molecule has 0 aromatic carbocycles. The number of hydrogen-bond donors (Lipinski definition) is 2. The fourth-order valence-corrected chi connectivity index (χ4v) is 0.555. The monoisotopic (exact) mass is 159 g/mol. The first-order valence-electron chi connectivity index (χ1n) is 3.83. The van der Waals surface area contributed by atoms with Crippen LogP contribution in [0.3, 0.4) is 0 Å². The quantitative estimate of drug-likeness (QED) is 0.617. The first kappa shape index (κ1) is 10.2. The number of urea groups is 1. The zero-order valence-corrected chi connectivity index (χ0v) is 7.02. The van der Waals surface area contributed by atoms with Gasteiger partial charge in [-0.2, -0.15) is 0 Å². The molecular weight excluding hydrogens is 144 g/mol. The standard InChI is InChI=1S/C7H15N2O2/c1-3-4-8-7(11)9-6(2)5-10/h6H,3-5H2,1-2H3,(H2,8,9,11). The minimum absolute atomic E-state index is 0.254. The van der Waals surface area contributed by atoms with Crippen LogP contribution in [0.25, 0.3) is 0 Å². The van der Waals surface area contributed by atoms with Gasteiger partial charge in [0.15, 0.2) is 0 Å². The number of amides is 2. The van der Waals surface area contributed by atoms with Gasteiger partial charge in [-0.1, -0.05) is 6.92 Å². The van der Waals surface area contributed by atoms with Crippen molar-refractivity contribution in [3.8, 4) is 0 Å². The second kappa shape index (κ2) is 5.97. The van der Waals surface area contributed by atoms with Crippen LogP contribution in [0.1, 0.15) is 20.3 Å². The van der Waals surface area contributed by atoms with Crippen LogP contribution in [0.5, 0.6) is 0 Å². The van der Waals surface area contributed by atoms with E-state index in [0.717, 1.165) is 6.42 Å². The van der Waals surface area contributed by atoms with Crippen molar-refractivity contribution in [2.75, 3.05) is 13.2 Å². The Bertz CT molecular complexity index is 117. The highest BCUT2D eigenvalue weighted by Gasteiger charge is 2.03. The molecule has 0 saturated heterocycles. The maximum Gasteiger partial charge on any atom is 0.315 e. The Morgan fingerprint density at radius 3 is 2.64 bits per heavy atom. The fraction of sp³-hybridized carbons (Fsp3) is 0.857. The Morgan fingerprint density at radius 2 is 2.18 bits per heavy atom. The van der Waals surface area contributed by atoms with E-state index >= 15 is 0 Å². The summed E-state index contributed by atoms with van der Waals surface area (Å²) in [6.45, 7) is 4.02. The molecule has 65 valence electrons. The number of nitrogens with one attached hydrogen (secondary N) is 2. The summed E-state index contributed by atoms with van der Waals surface area (Å²) in [6.07, 6.45) is 0.902. The smallest absolute Gasteiger partial charge is 0.315 e. The second-order valence-corrected chi connectivity index (χ2v) is 2.47. The van der Waals surface area contributed by atoms with Gasteiger partial charge in [0.25, 0.3) is 0 Å². The Kier molecular flexibility index (Phi) is 5.56. The molecule has 0 heterocycles. The Morgan fingerprint density at radius 1 is 1.55 bits per heavy atom. The number of carbonyl (C=O) groups is 1. The predicted molar refractivity (Wildman–Crippen MR) is 41.8 cm³/mol. The summed E-state index contributed by atoms with van der Waals surface area (Å²) in [5.41, 5.74) is 0. The third kappa shape index (κ3) is 5.66. The van der Waals surface area contributed by atoms with Gasteiger partial charge in [0.2, 0.25) is 0 Å². The van der Waals surface area contributed by atoms with E-state index in [1.165, 1.54) is 0 Å². The third-order valence-electron chi connectivity index (χ3n) is 1.16. The average Bonchev–Trinajstić information content (AvgIpc) is 2.00. The molecule has 0 aromatic rings. The minimum atomic E-state index is -0.285. The van der Waals surface area contributed by atoms with Crippen LogP contribution >= 0.6 is 0 Å². The van der Waals surface area contributed by atoms with Crippen LogP contribution in [-0.4, -0.2) is 25.2 Å². The molecule has 1 unspecified atom stereocenters. The Labute approximate surface area is 67.0 Å². The van der Waals surface area contributed by atoms with Crippen LogP contribution in [-0.2, 0) is 5.11 Å². The number of hydrogen-bond acceptors (Lipinski definition) is 1. The molecule has 1 radical (unpaired) electrons. The summed E-state index contributed by atoms with van der Waals surface area (Å²) < 4.78 is 0. The van der Waals surface area contributed by atoms with Crippen molar-refractivity contribution >= 4 is 6.03 Å². The molecular formula is C7H15N2O2. The highest BCUT2D eigenvalue weighted by molar-refractivity contribution is 5.74. The summed E-state index contributed by atoms with van der Waals surface area (Å²) in [4.78, 5) is 10.8. The van der Waals surface area contributed by atoms with Crippen LogP contribution in [0.4, 0.5) is 4.79 Å². The Hall–Kier alpha value is -0.770. The molecule has 0 rings (SSSR count). The second-order valence-electron chi connectivity index (χ2n) is 2.47. The van der Waals surface area contributed by atoms with Crippen molar-refractivity contribution in [3.63, 3.8) is 0 Å². The molecule has 2 amide bonds. The zero-order valence-electron chi connectivity index (χ0n) is 7.02. The SMILES string of the molecule is CCCNC(=O)NC(C)C[O].